The number of nitrogens with zero attached hydrogens (tertiary/aromatic N) is 5. The van der Waals surface area contributed by atoms with Gasteiger partial charge in [0.1, 0.15) is 11.4 Å². The molecule has 1 unspecified atom stereocenters. The van der Waals surface area contributed by atoms with Gasteiger partial charge in [-0.15, -0.1) is 0 Å². The molecule has 4 heterocycles. The summed E-state index contributed by atoms with van der Waals surface area (Å²) >= 11 is 7.10. The summed E-state index contributed by atoms with van der Waals surface area (Å²) in [6.07, 6.45) is 2.85. The van der Waals surface area contributed by atoms with Crippen LogP contribution in [-0.2, 0) is 13.5 Å². The molecule has 0 bridgehead atoms. The van der Waals surface area contributed by atoms with Crippen molar-refractivity contribution in [1.29, 1.82) is 0 Å². The number of hydrogen-bond acceptors (Lipinski definition) is 5. The zero-order chi connectivity index (χ0) is 36.5. The Morgan fingerprint density at radius 1 is 0.961 bits per heavy atom. The molecule has 0 aliphatic carbocycles. The van der Waals surface area contributed by atoms with Crippen LogP contribution in [0.2, 0.25) is 5.02 Å². The summed E-state index contributed by atoms with van der Waals surface area (Å²) < 4.78 is 10.3. The first-order valence-electron chi connectivity index (χ1n) is 17.3. The third kappa shape index (κ3) is 5.46. The highest BCUT2D eigenvalue weighted by Gasteiger charge is 2.41. The van der Waals surface area contributed by atoms with Gasteiger partial charge in [0.2, 0.25) is 0 Å². The molecule has 2 atom stereocenters. The summed E-state index contributed by atoms with van der Waals surface area (Å²) in [5, 5.41) is 16.8. The van der Waals surface area contributed by atoms with Crippen molar-refractivity contribution in [1.82, 2.24) is 19.3 Å². The first kappa shape index (κ1) is 34.3. The third-order valence-corrected chi connectivity index (χ3v) is 11.2. The van der Waals surface area contributed by atoms with Crippen LogP contribution < -0.4 is 9.64 Å². The Labute approximate surface area is 302 Å². The number of anilines is 1. The van der Waals surface area contributed by atoms with Gasteiger partial charge in [0.15, 0.2) is 0 Å². The van der Waals surface area contributed by atoms with E-state index in [1.807, 2.05) is 55.6 Å². The summed E-state index contributed by atoms with van der Waals surface area (Å²) in [7, 11) is 1.93. The van der Waals surface area contributed by atoms with E-state index in [2.05, 4.69) is 49.4 Å². The van der Waals surface area contributed by atoms with Crippen LogP contribution in [0.25, 0.3) is 32.9 Å². The average Bonchev–Trinajstić information content (AvgIpc) is 3.56. The summed E-state index contributed by atoms with van der Waals surface area (Å²) in [5.74, 6) is -0.388. The quantitative estimate of drug-likeness (QED) is 0.159. The van der Waals surface area contributed by atoms with Gasteiger partial charge >= 0.3 is 5.97 Å². The number of carbonyl (C=O) groups excluding carboxylic acids is 1. The maximum absolute atomic E-state index is 15.1. The monoisotopic (exact) mass is 703 g/mol. The lowest BCUT2D eigenvalue weighted by Crippen LogP contribution is -2.49. The van der Waals surface area contributed by atoms with Gasteiger partial charge < -0.3 is 19.3 Å². The molecule has 3 aromatic heterocycles. The molecule has 0 radical (unpaired) electrons. The van der Waals surface area contributed by atoms with Crippen LogP contribution in [0, 0.1) is 34.6 Å². The number of aromatic nitrogens is 4. The number of rotatable bonds is 8. The number of hydrogen-bond donors (Lipinski definition) is 1. The van der Waals surface area contributed by atoms with Crippen LogP contribution >= 0.6 is 11.6 Å². The highest BCUT2D eigenvalue weighted by Crippen LogP contribution is 2.47. The molecule has 0 fully saturated rings. The van der Waals surface area contributed by atoms with E-state index in [1.165, 1.54) is 16.7 Å². The van der Waals surface area contributed by atoms with Crippen molar-refractivity contribution in [2.75, 3.05) is 11.5 Å². The van der Waals surface area contributed by atoms with Crippen molar-refractivity contribution in [3.63, 3.8) is 0 Å². The summed E-state index contributed by atoms with van der Waals surface area (Å²) in [4.78, 5) is 33.5. The van der Waals surface area contributed by atoms with E-state index in [4.69, 9.17) is 21.4 Å². The molecule has 3 aromatic carbocycles. The molecule has 7 rings (SSSR count). The molecule has 1 aliphatic rings. The summed E-state index contributed by atoms with van der Waals surface area (Å²) in [5.41, 5.74) is 10.8. The lowest BCUT2D eigenvalue weighted by Gasteiger charge is -2.40. The minimum absolute atomic E-state index is 0.0924. The maximum Gasteiger partial charge on any atom is 0.337 e. The lowest BCUT2D eigenvalue weighted by atomic mass is 9.98. The molecule has 51 heavy (non-hydrogen) atoms. The number of fused-ring (bicyclic) bond motifs is 4. The Morgan fingerprint density at radius 2 is 1.69 bits per heavy atom. The number of carbonyl (C=O) groups is 2. The molecule has 10 heteroatoms. The molecule has 1 amide bonds. The van der Waals surface area contributed by atoms with Gasteiger partial charge in [-0.2, -0.15) is 5.10 Å². The predicted octanol–water partition coefficient (Wildman–Crippen LogP) is 9.11. The first-order valence-corrected chi connectivity index (χ1v) is 17.7. The Morgan fingerprint density at radius 3 is 2.35 bits per heavy atom. The van der Waals surface area contributed by atoms with Crippen molar-refractivity contribution in [3.05, 3.63) is 105 Å². The zero-order valence-corrected chi connectivity index (χ0v) is 31.0. The molecule has 1 N–H and O–H groups in total. The second-order valence-electron chi connectivity index (χ2n) is 13.8. The molecule has 0 spiro atoms. The zero-order valence-electron chi connectivity index (χ0n) is 30.3. The molecule has 0 saturated heterocycles. The predicted molar refractivity (Wildman–Crippen MR) is 203 cm³/mol. The van der Waals surface area contributed by atoms with Crippen molar-refractivity contribution >= 4 is 51.0 Å². The number of carboxylic acid groups (broad SMARTS) is 1. The molecule has 0 saturated carbocycles. The highest BCUT2D eigenvalue weighted by atomic mass is 35.5. The molecule has 262 valence electrons. The van der Waals surface area contributed by atoms with E-state index < -0.39 is 5.97 Å². The second kappa shape index (κ2) is 12.9. The molecular weight excluding hydrogens is 662 g/mol. The minimum Gasteiger partial charge on any atom is -0.494 e. The SMILES string of the molecule is Cc1cc(OCCCc2c3n(c4c(-c5c(C)nn(C)c5C)c(Cl)ccc24)C(C)[C@@H](C)N(c2ccc(C(=O)O)c4ncccc24)C3=O)cc(C)c1C. The number of benzene rings is 3. The Balaban J connectivity index is 1.41. The number of aromatic carboxylic acids is 1. The number of pyridine rings is 1. The van der Waals surface area contributed by atoms with Crippen LogP contribution in [0.3, 0.4) is 0 Å². The van der Waals surface area contributed by atoms with E-state index in [0.29, 0.717) is 46.8 Å². The number of halogens is 1. The van der Waals surface area contributed by atoms with E-state index >= 15 is 4.79 Å². The van der Waals surface area contributed by atoms with Crippen molar-refractivity contribution < 1.29 is 19.4 Å². The highest BCUT2D eigenvalue weighted by molar-refractivity contribution is 6.35. The number of aryl methyl sites for hydroxylation is 5. The van der Waals surface area contributed by atoms with E-state index in [1.54, 1.807) is 24.4 Å². The topological polar surface area (TPSA) is 102 Å². The fourth-order valence-electron chi connectivity index (χ4n) is 7.83. The molecular formula is C41H42ClN5O4. The van der Waals surface area contributed by atoms with Gasteiger partial charge in [0.25, 0.3) is 5.91 Å². The number of ether oxygens (including phenoxy) is 1. The van der Waals surface area contributed by atoms with Gasteiger partial charge in [0, 0.05) is 40.8 Å². The molecule has 9 nitrogen and oxygen atoms in total. The van der Waals surface area contributed by atoms with Gasteiger partial charge in [-0.05, 0) is 126 Å². The number of carboxylic acids is 1. The minimum atomic E-state index is -1.07. The van der Waals surface area contributed by atoms with Crippen molar-refractivity contribution in [2.24, 2.45) is 7.05 Å². The number of amides is 1. The van der Waals surface area contributed by atoms with E-state index in [9.17, 15) is 9.90 Å². The lowest BCUT2D eigenvalue weighted by molar-refractivity contribution is 0.0698. The van der Waals surface area contributed by atoms with Crippen molar-refractivity contribution in [2.45, 2.75) is 73.4 Å². The normalized spacial score (nSPS) is 15.9. The Hall–Kier alpha value is -5.15. The maximum atomic E-state index is 15.1. The third-order valence-electron chi connectivity index (χ3n) is 10.9. The average molecular weight is 704 g/mol. The largest absolute Gasteiger partial charge is 0.494 e. The first-order chi connectivity index (χ1) is 24.3. The van der Waals surface area contributed by atoms with Gasteiger partial charge in [-0.1, -0.05) is 17.7 Å². The van der Waals surface area contributed by atoms with Gasteiger partial charge in [-0.3, -0.25) is 14.5 Å². The van der Waals surface area contributed by atoms with Gasteiger partial charge in [-0.25, -0.2) is 4.79 Å². The molecule has 1 aliphatic heterocycles. The van der Waals surface area contributed by atoms with Crippen molar-refractivity contribution in [3.8, 4) is 16.9 Å². The molecule has 6 aromatic rings. The fraction of sp³-hybridized carbons (Fsp3) is 0.317. The smallest absolute Gasteiger partial charge is 0.337 e. The Kier molecular flexibility index (Phi) is 8.66. The standard InChI is InChI=1S/C41H42ClN5O4/c1-21-19-28(20-22(2)23(21)3)51-18-10-12-29-30-13-15-33(42)36(35-24(4)44-45(8)27(35)7)38(30)47-26(6)25(5)46(40(48)39(29)47)34-16-14-32(41(49)50)37-31(34)11-9-17-43-37/h9,11,13-17,19-20,25-26H,10,12,18H2,1-8H3,(H,49,50)/t25-,26?/m1/s1. The van der Waals surface area contributed by atoms with Crippen LogP contribution in [0.15, 0.2) is 54.7 Å². The van der Waals surface area contributed by atoms with Crippen LogP contribution in [-0.4, -0.2) is 49.0 Å². The van der Waals surface area contributed by atoms with E-state index in [0.717, 1.165) is 44.7 Å². The Bertz CT molecular complexity index is 2380. The summed E-state index contributed by atoms with van der Waals surface area (Å²) in [6.45, 7) is 15.0. The van der Waals surface area contributed by atoms with Gasteiger partial charge in [0.05, 0.1) is 51.7 Å². The fourth-order valence-corrected chi connectivity index (χ4v) is 8.08. The second-order valence-corrected chi connectivity index (χ2v) is 14.2. The summed E-state index contributed by atoms with van der Waals surface area (Å²) in [6, 6.07) is 14.5. The van der Waals surface area contributed by atoms with Crippen LogP contribution in [0.1, 0.15) is 80.8 Å². The van der Waals surface area contributed by atoms with Crippen LogP contribution in [0.4, 0.5) is 5.69 Å². The van der Waals surface area contributed by atoms with E-state index in [-0.39, 0.29) is 23.6 Å². The van der Waals surface area contributed by atoms with Crippen LogP contribution in [0.5, 0.6) is 5.75 Å².